The lowest BCUT2D eigenvalue weighted by Gasteiger charge is -2.20. The highest BCUT2D eigenvalue weighted by molar-refractivity contribution is 6.31. The SMILES string of the molecule is CC(CN(C)C(=O)c1cc(Cl)ccc1O)C(=O)O. The van der Waals surface area contributed by atoms with E-state index in [9.17, 15) is 14.7 Å². The molecule has 0 aromatic heterocycles. The molecule has 98 valence electrons. The summed E-state index contributed by atoms with van der Waals surface area (Å²) in [5.74, 6) is -2.31. The average Bonchev–Trinajstić information content (AvgIpc) is 2.31. The number of carboxylic acids is 1. The molecule has 0 fully saturated rings. The van der Waals surface area contributed by atoms with Gasteiger partial charge in [0.05, 0.1) is 11.5 Å². The summed E-state index contributed by atoms with van der Waals surface area (Å²) in [6.07, 6.45) is 0. The van der Waals surface area contributed by atoms with Gasteiger partial charge in [-0.15, -0.1) is 0 Å². The Kier molecular flexibility index (Phi) is 4.55. The molecule has 2 N–H and O–H groups in total. The van der Waals surface area contributed by atoms with E-state index in [1.807, 2.05) is 0 Å². The number of benzene rings is 1. The largest absolute Gasteiger partial charge is 0.507 e. The van der Waals surface area contributed by atoms with Gasteiger partial charge in [0.15, 0.2) is 0 Å². The van der Waals surface area contributed by atoms with Crippen molar-refractivity contribution in [2.24, 2.45) is 5.92 Å². The fraction of sp³-hybridized carbons (Fsp3) is 0.333. The molecular formula is C12H14ClNO4. The molecule has 1 aromatic rings. The van der Waals surface area contributed by atoms with Gasteiger partial charge < -0.3 is 15.1 Å². The maximum absolute atomic E-state index is 12.0. The van der Waals surface area contributed by atoms with E-state index in [2.05, 4.69) is 0 Å². The molecule has 18 heavy (non-hydrogen) atoms. The Morgan fingerprint density at radius 3 is 2.61 bits per heavy atom. The van der Waals surface area contributed by atoms with Crippen molar-refractivity contribution in [2.75, 3.05) is 13.6 Å². The predicted molar refractivity (Wildman–Crippen MR) is 66.9 cm³/mol. The van der Waals surface area contributed by atoms with Gasteiger partial charge in [0.2, 0.25) is 0 Å². The number of carbonyl (C=O) groups is 2. The third kappa shape index (κ3) is 3.37. The number of phenols is 1. The molecule has 0 heterocycles. The van der Waals surface area contributed by atoms with Crippen molar-refractivity contribution < 1.29 is 19.8 Å². The van der Waals surface area contributed by atoms with Crippen LogP contribution >= 0.6 is 11.6 Å². The number of hydrogen-bond acceptors (Lipinski definition) is 3. The van der Waals surface area contributed by atoms with Crippen molar-refractivity contribution in [3.8, 4) is 5.75 Å². The van der Waals surface area contributed by atoms with Crippen molar-refractivity contribution in [3.63, 3.8) is 0 Å². The van der Waals surface area contributed by atoms with E-state index in [1.165, 1.54) is 37.1 Å². The van der Waals surface area contributed by atoms with E-state index in [1.54, 1.807) is 0 Å². The van der Waals surface area contributed by atoms with Crippen LogP contribution in [0.1, 0.15) is 17.3 Å². The minimum absolute atomic E-state index is 0.0557. The normalized spacial score (nSPS) is 11.9. The smallest absolute Gasteiger partial charge is 0.308 e. The minimum Gasteiger partial charge on any atom is -0.507 e. The van der Waals surface area contributed by atoms with Crippen LogP contribution in [-0.4, -0.2) is 40.6 Å². The summed E-state index contributed by atoms with van der Waals surface area (Å²) in [4.78, 5) is 23.9. The third-order valence-electron chi connectivity index (χ3n) is 2.50. The average molecular weight is 272 g/mol. The first-order valence-corrected chi connectivity index (χ1v) is 5.67. The van der Waals surface area contributed by atoms with Gasteiger partial charge in [0, 0.05) is 18.6 Å². The van der Waals surface area contributed by atoms with Crippen molar-refractivity contribution >= 4 is 23.5 Å². The number of carbonyl (C=O) groups excluding carboxylic acids is 1. The Hall–Kier alpha value is -1.75. The zero-order valence-corrected chi connectivity index (χ0v) is 10.8. The van der Waals surface area contributed by atoms with Gasteiger partial charge in [0.1, 0.15) is 5.75 Å². The topological polar surface area (TPSA) is 77.8 Å². The van der Waals surface area contributed by atoms with Crippen LogP contribution in [-0.2, 0) is 4.79 Å². The fourth-order valence-electron chi connectivity index (χ4n) is 1.46. The van der Waals surface area contributed by atoms with Crippen molar-refractivity contribution in [1.82, 2.24) is 4.90 Å². The molecule has 0 spiro atoms. The summed E-state index contributed by atoms with van der Waals surface area (Å²) in [5, 5.41) is 18.7. The van der Waals surface area contributed by atoms with Crippen LogP contribution in [0.25, 0.3) is 0 Å². The lowest BCUT2D eigenvalue weighted by atomic mass is 10.1. The van der Waals surface area contributed by atoms with Gasteiger partial charge in [-0.25, -0.2) is 0 Å². The van der Waals surface area contributed by atoms with Crippen LogP contribution in [0.3, 0.4) is 0 Å². The van der Waals surface area contributed by atoms with Gasteiger partial charge in [-0.05, 0) is 18.2 Å². The highest BCUT2D eigenvalue weighted by Crippen LogP contribution is 2.22. The molecule has 0 aliphatic rings. The Balaban J connectivity index is 2.86. The fourth-order valence-corrected chi connectivity index (χ4v) is 1.63. The molecule has 1 atom stereocenters. The zero-order valence-electron chi connectivity index (χ0n) is 10.1. The zero-order chi connectivity index (χ0) is 13.9. The minimum atomic E-state index is -0.982. The lowest BCUT2D eigenvalue weighted by molar-refractivity contribution is -0.141. The number of halogens is 1. The van der Waals surface area contributed by atoms with E-state index in [-0.39, 0.29) is 17.9 Å². The molecule has 0 aliphatic heterocycles. The molecule has 0 bridgehead atoms. The van der Waals surface area contributed by atoms with Crippen LogP contribution in [0.15, 0.2) is 18.2 Å². The van der Waals surface area contributed by atoms with Crippen molar-refractivity contribution in [1.29, 1.82) is 0 Å². The second-order valence-electron chi connectivity index (χ2n) is 4.09. The number of nitrogens with zero attached hydrogens (tertiary/aromatic N) is 1. The lowest BCUT2D eigenvalue weighted by Crippen LogP contribution is -2.33. The number of aromatic hydroxyl groups is 1. The highest BCUT2D eigenvalue weighted by atomic mass is 35.5. The molecule has 5 nitrogen and oxygen atoms in total. The predicted octanol–water partition coefficient (Wildman–Crippen LogP) is 1.84. The van der Waals surface area contributed by atoms with E-state index < -0.39 is 17.8 Å². The summed E-state index contributed by atoms with van der Waals surface area (Å²) in [6, 6.07) is 4.14. The first-order valence-electron chi connectivity index (χ1n) is 5.29. The number of hydrogen-bond donors (Lipinski definition) is 2. The second-order valence-corrected chi connectivity index (χ2v) is 4.52. The van der Waals surface area contributed by atoms with E-state index in [4.69, 9.17) is 16.7 Å². The van der Waals surface area contributed by atoms with E-state index >= 15 is 0 Å². The molecule has 0 radical (unpaired) electrons. The molecule has 6 heteroatoms. The molecule has 1 unspecified atom stereocenters. The standard InChI is InChI=1S/C12H14ClNO4/c1-7(12(17)18)6-14(2)11(16)9-5-8(13)3-4-10(9)15/h3-5,7,15H,6H2,1-2H3,(H,17,18). The number of aliphatic carboxylic acids is 1. The quantitative estimate of drug-likeness (QED) is 0.876. The maximum Gasteiger partial charge on any atom is 0.308 e. The molecular weight excluding hydrogens is 258 g/mol. The Morgan fingerprint density at radius 1 is 1.44 bits per heavy atom. The van der Waals surface area contributed by atoms with Gasteiger partial charge >= 0.3 is 5.97 Å². The summed E-state index contributed by atoms with van der Waals surface area (Å²) < 4.78 is 0. The molecule has 0 saturated heterocycles. The number of rotatable bonds is 4. The van der Waals surface area contributed by atoms with Gasteiger partial charge in [-0.2, -0.15) is 0 Å². The highest BCUT2D eigenvalue weighted by Gasteiger charge is 2.20. The number of amides is 1. The van der Waals surface area contributed by atoms with Crippen LogP contribution in [0.4, 0.5) is 0 Å². The van der Waals surface area contributed by atoms with Crippen LogP contribution in [0.2, 0.25) is 5.02 Å². The third-order valence-corrected chi connectivity index (χ3v) is 2.74. The molecule has 0 saturated carbocycles. The summed E-state index contributed by atoms with van der Waals surface area (Å²) in [7, 11) is 1.47. The van der Waals surface area contributed by atoms with E-state index in [0.717, 1.165) is 0 Å². The summed E-state index contributed by atoms with van der Waals surface area (Å²) in [5.41, 5.74) is 0.0580. The Bertz CT molecular complexity index is 475. The molecule has 1 amide bonds. The van der Waals surface area contributed by atoms with Crippen LogP contribution in [0, 0.1) is 5.92 Å². The Labute approximate surface area is 110 Å². The summed E-state index contributed by atoms with van der Waals surface area (Å²) >= 11 is 5.75. The van der Waals surface area contributed by atoms with Crippen LogP contribution in [0.5, 0.6) is 5.75 Å². The number of phenolic OH excluding ortho intramolecular Hbond substituents is 1. The second kappa shape index (κ2) is 5.73. The molecule has 1 aromatic carbocycles. The molecule has 0 aliphatic carbocycles. The first-order chi connectivity index (χ1) is 8.32. The maximum atomic E-state index is 12.0. The monoisotopic (exact) mass is 271 g/mol. The van der Waals surface area contributed by atoms with E-state index in [0.29, 0.717) is 5.02 Å². The van der Waals surface area contributed by atoms with Gasteiger partial charge in [-0.3, -0.25) is 9.59 Å². The molecule has 1 rings (SSSR count). The first kappa shape index (κ1) is 14.3. The van der Waals surface area contributed by atoms with Crippen molar-refractivity contribution in [3.05, 3.63) is 28.8 Å². The Morgan fingerprint density at radius 2 is 2.06 bits per heavy atom. The van der Waals surface area contributed by atoms with Gasteiger partial charge in [0.25, 0.3) is 5.91 Å². The summed E-state index contributed by atoms with van der Waals surface area (Å²) in [6.45, 7) is 1.56. The number of carboxylic acid groups (broad SMARTS) is 1. The van der Waals surface area contributed by atoms with Gasteiger partial charge in [-0.1, -0.05) is 18.5 Å². The van der Waals surface area contributed by atoms with Crippen molar-refractivity contribution in [2.45, 2.75) is 6.92 Å². The van der Waals surface area contributed by atoms with Crippen LogP contribution < -0.4 is 0 Å².